The highest BCUT2D eigenvalue weighted by atomic mass is 16.5. The standard InChI is InChI=1S/C19H24N4O/c1-3-20-19(23-13-17-14(2)7-6-10-21-17)22-12-16-11-15-8-4-5-9-18(15)24-16/h4-10,16H,3,11-13H2,1-2H3,(H2,20,22,23). The molecule has 0 radical (unpaired) electrons. The number of ether oxygens (including phenoxy) is 1. The number of aromatic nitrogens is 1. The van der Waals surface area contributed by atoms with Crippen molar-refractivity contribution in [1.82, 2.24) is 15.6 Å². The molecular weight excluding hydrogens is 300 g/mol. The van der Waals surface area contributed by atoms with Crippen LogP contribution in [0.15, 0.2) is 47.6 Å². The van der Waals surface area contributed by atoms with E-state index in [4.69, 9.17) is 4.74 Å². The summed E-state index contributed by atoms with van der Waals surface area (Å²) in [6.07, 6.45) is 2.88. The Kier molecular flexibility index (Phi) is 5.31. The third kappa shape index (κ3) is 4.04. The Bertz CT molecular complexity index is 689. The Hall–Kier alpha value is -2.56. The summed E-state index contributed by atoms with van der Waals surface area (Å²) in [6, 6.07) is 12.2. The van der Waals surface area contributed by atoms with Crippen LogP contribution in [0.25, 0.3) is 0 Å². The number of hydrogen-bond acceptors (Lipinski definition) is 3. The minimum atomic E-state index is 0.142. The van der Waals surface area contributed by atoms with Crippen LogP contribution in [-0.4, -0.2) is 30.1 Å². The number of pyridine rings is 1. The lowest BCUT2D eigenvalue weighted by atomic mass is 10.1. The van der Waals surface area contributed by atoms with Gasteiger partial charge in [-0.2, -0.15) is 0 Å². The van der Waals surface area contributed by atoms with Crippen LogP contribution in [0.3, 0.4) is 0 Å². The van der Waals surface area contributed by atoms with Gasteiger partial charge in [0.1, 0.15) is 11.9 Å². The van der Waals surface area contributed by atoms with Crippen LogP contribution < -0.4 is 15.4 Å². The van der Waals surface area contributed by atoms with Gasteiger partial charge in [0.2, 0.25) is 0 Å². The van der Waals surface area contributed by atoms with Crippen molar-refractivity contribution in [2.45, 2.75) is 32.9 Å². The molecule has 126 valence electrons. The molecule has 2 aromatic rings. The zero-order valence-corrected chi connectivity index (χ0v) is 14.2. The van der Waals surface area contributed by atoms with E-state index in [1.807, 2.05) is 24.4 Å². The van der Waals surface area contributed by atoms with Crippen molar-refractivity contribution >= 4 is 5.96 Å². The number of aliphatic imine (C=N–C) groups is 1. The lowest BCUT2D eigenvalue weighted by molar-refractivity contribution is 0.235. The summed E-state index contributed by atoms with van der Waals surface area (Å²) in [5.41, 5.74) is 3.43. The largest absolute Gasteiger partial charge is 0.488 e. The maximum atomic E-state index is 5.96. The maximum absolute atomic E-state index is 5.96. The fourth-order valence-corrected chi connectivity index (χ4v) is 2.76. The Labute approximate surface area is 143 Å². The molecule has 24 heavy (non-hydrogen) atoms. The first-order valence-corrected chi connectivity index (χ1v) is 8.43. The van der Waals surface area contributed by atoms with Crippen LogP contribution in [0.1, 0.15) is 23.7 Å². The minimum Gasteiger partial charge on any atom is -0.488 e. The molecule has 1 aromatic heterocycles. The van der Waals surface area contributed by atoms with Gasteiger partial charge < -0.3 is 15.4 Å². The van der Waals surface area contributed by atoms with Crippen LogP contribution in [0.5, 0.6) is 5.75 Å². The lowest BCUT2D eigenvalue weighted by Crippen LogP contribution is -2.42. The van der Waals surface area contributed by atoms with Gasteiger partial charge >= 0.3 is 0 Å². The molecule has 1 unspecified atom stereocenters. The van der Waals surface area contributed by atoms with Crippen molar-refractivity contribution < 1.29 is 4.74 Å². The van der Waals surface area contributed by atoms with Crippen molar-refractivity contribution in [3.8, 4) is 5.75 Å². The van der Waals surface area contributed by atoms with Gasteiger partial charge in [-0.25, -0.2) is 4.99 Å². The third-order valence-corrected chi connectivity index (χ3v) is 4.06. The van der Waals surface area contributed by atoms with E-state index in [0.717, 1.165) is 42.5 Å². The summed E-state index contributed by atoms with van der Waals surface area (Å²) in [7, 11) is 0. The van der Waals surface area contributed by atoms with Gasteiger partial charge in [-0.15, -0.1) is 0 Å². The van der Waals surface area contributed by atoms with Gasteiger partial charge in [-0.1, -0.05) is 24.3 Å². The molecule has 5 nitrogen and oxygen atoms in total. The fraction of sp³-hybridized carbons (Fsp3) is 0.368. The third-order valence-electron chi connectivity index (χ3n) is 4.06. The zero-order valence-electron chi connectivity index (χ0n) is 14.2. The van der Waals surface area contributed by atoms with E-state index in [1.54, 1.807) is 0 Å². The summed E-state index contributed by atoms with van der Waals surface area (Å²) >= 11 is 0. The smallest absolute Gasteiger partial charge is 0.191 e. The zero-order chi connectivity index (χ0) is 16.8. The molecule has 0 spiro atoms. The van der Waals surface area contributed by atoms with Crippen molar-refractivity contribution in [2.24, 2.45) is 4.99 Å². The summed E-state index contributed by atoms with van der Waals surface area (Å²) in [4.78, 5) is 9.02. The molecule has 1 aliphatic rings. The topological polar surface area (TPSA) is 58.5 Å². The van der Waals surface area contributed by atoms with Gasteiger partial charge in [0, 0.05) is 19.2 Å². The maximum Gasteiger partial charge on any atom is 0.191 e. The van der Waals surface area contributed by atoms with E-state index in [2.05, 4.69) is 52.7 Å². The number of guanidine groups is 1. The second-order valence-corrected chi connectivity index (χ2v) is 5.89. The van der Waals surface area contributed by atoms with Gasteiger partial charge in [0.25, 0.3) is 0 Å². The fourth-order valence-electron chi connectivity index (χ4n) is 2.76. The summed E-state index contributed by atoms with van der Waals surface area (Å²) in [5.74, 6) is 1.79. The van der Waals surface area contributed by atoms with Crippen LogP contribution >= 0.6 is 0 Å². The van der Waals surface area contributed by atoms with E-state index in [9.17, 15) is 0 Å². The van der Waals surface area contributed by atoms with Gasteiger partial charge in [0.15, 0.2) is 5.96 Å². The highest BCUT2D eigenvalue weighted by Gasteiger charge is 2.22. The molecule has 0 aliphatic carbocycles. The normalized spacial score (nSPS) is 16.4. The molecule has 1 atom stereocenters. The molecule has 0 saturated heterocycles. The number of nitrogens with zero attached hydrogens (tertiary/aromatic N) is 2. The molecule has 0 amide bonds. The number of fused-ring (bicyclic) bond motifs is 1. The first kappa shape index (κ1) is 16.3. The van der Waals surface area contributed by atoms with E-state index in [-0.39, 0.29) is 6.10 Å². The Morgan fingerprint density at radius 2 is 2.12 bits per heavy atom. The van der Waals surface area contributed by atoms with Gasteiger partial charge in [-0.3, -0.25) is 4.98 Å². The Morgan fingerprint density at radius 3 is 2.92 bits per heavy atom. The highest BCUT2D eigenvalue weighted by molar-refractivity contribution is 5.79. The van der Waals surface area contributed by atoms with Crippen molar-refractivity contribution in [1.29, 1.82) is 0 Å². The number of hydrogen-bond donors (Lipinski definition) is 2. The first-order chi connectivity index (χ1) is 11.8. The van der Waals surface area contributed by atoms with Gasteiger partial charge in [-0.05, 0) is 37.1 Å². The van der Waals surface area contributed by atoms with Crippen molar-refractivity contribution in [3.63, 3.8) is 0 Å². The number of nitrogens with one attached hydrogen (secondary N) is 2. The van der Waals surface area contributed by atoms with E-state index < -0.39 is 0 Å². The molecule has 2 heterocycles. The minimum absolute atomic E-state index is 0.142. The SMILES string of the molecule is CCNC(=NCc1ncccc1C)NCC1Cc2ccccc2O1. The molecule has 3 rings (SSSR count). The quantitative estimate of drug-likeness (QED) is 0.655. The van der Waals surface area contributed by atoms with E-state index in [1.165, 1.54) is 5.56 Å². The van der Waals surface area contributed by atoms with E-state index in [0.29, 0.717) is 6.54 Å². The van der Waals surface area contributed by atoms with Crippen LogP contribution in [0, 0.1) is 6.92 Å². The van der Waals surface area contributed by atoms with Crippen molar-refractivity contribution in [2.75, 3.05) is 13.1 Å². The highest BCUT2D eigenvalue weighted by Crippen LogP contribution is 2.27. The summed E-state index contributed by atoms with van der Waals surface area (Å²) in [5, 5.41) is 6.65. The first-order valence-electron chi connectivity index (χ1n) is 8.43. The number of benzene rings is 1. The number of rotatable bonds is 5. The van der Waals surface area contributed by atoms with Crippen LogP contribution in [0.2, 0.25) is 0 Å². The summed E-state index contributed by atoms with van der Waals surface area (Å²) < 4.78 is 5.96. The molecule has 5 heteroatoms. The Balaban J connectivity index is 1.57. The van der Waals surface area contributed by atoms with Gasteiger partial charge in [0.05, 0.1) is 18.8 Å². The molecule has 0 saturated carbocycles. The predicted molar refractivity (Wildman–Crippen MR) is 96.4 cm³/mol. The second kappa shape index (κ2) is 7.81. The molecular formula is C19H24N4O. The second-order valence-electron chi connectivity index (χ2n) is 5.89. The molecule has 0 bridgehead atoms. The predicted octanol–water partition coefficient (Wildman–Crippen LogP) is 2.45. The molecule has 2 N–H and O–H groups in total. The van der Waals surface area contributed by atoms with Crippen LogP contribution in [-0.2, 0) is 13.0 Å². The van der Waals surface area contributed by atoms with Crippen molar-refractivity contribution in [3.05, 3.63) is 59.4 Å². The Morgan fingerprint density at radius 1 is 1.25 bits per heavy atom. The molecule has 0 fully saturated rings. The average molecular weight is 324 g/mol. The van der Waals surface area contributed by atoms with E-state index >= 15 is 0 Å². The molecule has 1 aromatic carbocycles. The molecule has 1 aliphatic heterocycles. The summed E-state index contributed by atoms with van der Waals surface area (Å²) in [6.45, 7) is 6.22. The monoisotopic (exact) mass is 324 g/mol. The number of para-hydroxylation sites is 1. The number of aryl methyl sites for hydroxylation is 1. The average Bonchev–Trinajstić information content (AvgIpc) is 3.01. The van der Waals surface area contributed by atoms with Crippen LogP contribution in [0.4, 0.5) is 0 Å². The lowest BCUT2D eigenvalue weighted by Gasteiger charge is -2.15.